The standard InChI is InChI=1S/C24H26N4O3S/c1-27-16-22(25-17-27)32(30,31)28-13-11-24(12-14-28)20-10-6-5-9-19(20)15-21(24)26-23(29)18-7-3-2-4-8-18/h2-10,16-17,21H,11-15H2,1H3,(H,26,29). The molecule has 2 aromatic carbocycles. The molecule has 1 amide bonds. The second-order valence-electron chi connectivity index (χ2n) is 8.69. The maximum Gasteiger partial charge on any atom is 0.262 e. The third kappa shape index (κ3) is 3.43. The van der Waals surface area contributed by atoms with Crippen LogP contribution < -0.4 is 5.32 Å². The minimum Gasteiger partial charge on any atom is -0.348 e. The van der Waals surface area contributed by atoms with E-state index in [4.69, 9.17) is 0 Å². The van der Waals surface area contributed by atoms with Crippen molar-refractivity contribution in [3.05, 3.63) is 83.8 Å². The predicted octanol–water partition coefficient (Wildman–Crippen LogP) is 2.50. The van der Waals surface area contributed by atoms with Gasteiger partial charge in [0.05, 0.1) is 6.33 Å². The molecular formula is C24H26N4O3S. The Labute approximate surface area is 188 Å². The van der Waals surface area contributed by atoms with Crippen LogP contribution in [-0.2, 0) is 28.9 Å². The Morgan fingerprint density at radius 1 is 1.06 bits per heavy atom. The highest BCUT2D eigenvalue weighted by Gasteiger charge is 2.50. The van der Waals surface area contributed by atoms with Crippen molar-refractivity contribution in [1.29, 1.82) is 0 Å². The number of sulfonamides is 1. The molecule has 1 fully saturated rings. The Morgan fingerprint density at radius 3 is 2.44 bits per heavy atom. The van der Waals surface area contributed by atoms with Crippen molar-refractivity contribution in [2.45, 2.75) is 35.7 Å². The van der Waals surface area contributed by atoms with Gasteiger partial charge in [-0.1, -0.05) is 42.5 Å². The summed E-state index contributed by atoms with van der Waals surface area (Å²) in [7, 11) is -1.88. The molecule has 0 bridgehead atoms. The minimum absolute atomic E-state index is 0.0766. The Hall–Kier alpha value is -2.97. The van der Waals surface area contributed by atoms with Crippen LogP contribution in [0.2, 0.25) is 0 Å². The number of fused-ring (bicyclic) bond motifs is 2. The summed E-state index contributed by atoms with van der Waals surface area (Å²) >= 11 is 0. The van der Waals surface area contributed by atoms with Crippen LogP contribution in [0.25, 0.3) is 0 Å². The summed E-state index contributed by atoms with van der Waals surface area (Å²) in [4.78, 5) is 17.0. The first-order chi connectivity index (χ1) is 15.4. The molecule has 7 nitrogen and oxygen atoms in total. The van der Waals surface area contributed by atoms with Crippen molar-refractivity contribution < 1.29 is 13.2 Å². The van der Waals surface area contributed by atoms with E-state index in [1.807, 2.05) is 42.5 Å². The number of nitrogens with zero attached hydrogens (tertiary/aromatic N) is 3. The summed E-state index contributed by atoms with van der Waals surface area (Å²) in [6, 6.07) is 17.4. The van der Waals surface area contributed by atoms with Gasteiger partial charge in [-0.2, -0.15) is 4.31 Å². The molecule has 1 unspecified atom stereocenters. The van der Waals surface area contributed by atoms with Gasteiger partial charge in [0.25, 0.3) is 15.9 Å². The normalized spacial score (nSPS) is 20.2. The average molecular weight is 451 g/mol. The fraction of sp³-hybridized carbons (Fsp3) is 0.333. The largest absolute Gasteiger partial charge is 0.348 e. The zero-order chi connectivity index (χ0) is 22.3. The number of aromatic nitrogens is 2. The van der Waals surface area contributed by atoms with E-state index in [0.29, 0.717) is 31.5 Å². The quantitative estimate of drug-likeness (QED) is 0.662. The number of carbonyl (C=O) groups is 1. The van der Waals surface area contributed by atoms with Crippen molar-refractivity contribution in [1.82, 2.24) is 19.2 Å². The minimum atomic E-state index is -3.63. The molecule has 166 valence electrons. The number of piperidine rings is 1. The van der Waals surface area contributed by atoms with Crippen LogP contribution in [0.3, 0.4) is 0 Å². The van der Waals surface area contributed by atoms with Gasteiger partial charge in [-0.3, -0.25) is 4.79 Å². The Kier molecular flexibility index (Phi) is 5.14. The summed E-state index contributed by atoms with van der Waals surface area (Å²) in [6.07, 6.45) is 5.08. The van der Waals surface area contributed by atoms with Gasteiger partial charge in [0.15, 0.2) is 5.03 Å². The van der Waals surface area contributed by atoms with Crippen LogP contribution in [0.15, 0.2) is 72.1 Å². The number of hydrogen-bond donors (Lipinski definition) is 1. The van der Waals surface area contributed by atoms with Crippen LogP contribution in [0, 0.1) is 0 Å². The molecule has 32 heavy (non-hydrogen) atoms. The molecular weight excluding hydrogens is 424 g/mol. The number of nitrogens with one attached hydrogen (secondary N) is 1. The molecule has 1 aliphatic carbocycles. The summed E-state index contributed by atoms with van der Waals surface area (Å²) in [5.74, 6) is -0.0914. The maximum atomic E-state index is 13.1. The van der Waals surface area contributed by atoms with Gasteiger partial charge in [0, 0.05) is 43.4 Å². The molecule has 1 aliphatic heterocycles. The average Bonchev–Trinajstić information content (AvgIpc) is 3.37. The maximum absolute atomic E-state index is 13.1. The predicted molar refractivity (Wildman–Crippen MR) is 121 cm³/mol. The molecule has 0 radical (unpaired) electrons. The lowest BCUT2D eigenvalue weighted by molar-refractivity contribution is 0.0896. The summed E-state index contributed by atoms with van der Waals surface area (Å²) in [6.45, 7) is 0.788. The number of amides is 1. The number of aryl methyl sites for hydroxylation is 1. The third-order valence-corrected chi connectivity index (χ3v) is 8.67. The van der Waals surface area contributed by atoms with Gasteiger partial charge < -0.3 is 9.88 Å². The SMILES string of the molecule is Cn1cnc(S(=O)(=O)N2CCC3(CC2)c2ccccc2CC3NC(=O)c2ccccc2)c1. The molecule has 1 aromatic heterocycles. The van der Waals surface area contributed by atoms with Gasteiger partial charge in [-0.25, -0.2) is 13.4 Å². The number of rotatable bonds is 4. The number of imidazole rings is 1. The Balaban J connectivity index is 1.41. The molecule has 1 atom stereocenters. The van der Waals surface area contributed by atoms with E-state index in [2.05, 4.69) is 22.4 Å². The highest BCUT2D eigenvalue weighted by molar-refractivity contribution is 7.89. The first-order valence-electron chi connectivity index (χ1n) is 10.8. The fourth-order valence-electron chi connectivity index (χ4n) is 5.20. The summed E-state index contributed by atoms with van der Waals surface area (Å²) < 4.78 is 29.3. The van der Waals surface area contributed by atoms with Crippen molar-refractivity contribution in [3.63, 3.8) is 0 Å². The second kappa shape index (κ2) is 7.86. The Morgan fingerprint density at radius 2 is 1.75 bits per heavy atom. The van der Waals surface area contributed by atoms with E-state index in [-0.39, 0.29) is 22.4 Å². The first-order valence-corrected chi connectivity index (χ1v) is 12.3. The lowest BCUT2D eigenvalue weighted by Gasteiger charge is -2.43. The fourth-order valence-corrected chi connectivity index (χ4v) is 6.61. The highest BCUT2D eigenvalue weighted by Crippen LogP contribution is 2.47. The summed E-state index contributed by atoms with van der Waals surface area (Å²) in [5, 5.41) is 3.35. The lowest BCUT2D eigenvalue weighted by Crippen LogP contribution is -2.54. The van der Waals surface area contributed by atoms with Gasteiger partial charge >= 0.3 is 0 Å². The Bertz CT molecular complexity index is 1250. The van der Waals surface area contributed by atoms with Gasteiger partial charge in [0.2, 0.25) is 0 Å². The summed E-state index contributed by atoms with van der Waals surface area (Å²) in [5.41, 5.74) is 2.81. The van der Waals surface area contributed by atoms with Crippen LogP contribution in [0.1, 0.15) is 34.3 Å². The molecule has 2 heterocycles. The zero-order valence-corrected chi connectivity index (χ0v) is 18.8. The molecule has 5 rings (SSSR count). The van der Waals surface area contributed by atoms with Crippen LogP contribution in [0.5, 0.6) is 0 Å². The van der Waals surface area contributed by atoms with Gasteiger partial charge in [-0.05, 0) is 42.5 Å². The lowest BCUT2D eigenvalue weighted by atomic mass is 9.71. The number of benzene rings is 2. The topological polar surface area (TPSA) is 84.3 Å². The van der Waals surface area contributed by atoms with Crippen molar-refractivity contribution in [2.24, 2.45) is 7.05 Å². The number of carbonyl (C=O) groups excluding carboxylic acids is 1. The van der Waals surface area contributed by atoms with E-state index in [9.17, 15) is 13.2 Å². The van der Waals surface area contributed by atoms with Crippen LogP contribution in [0.4, 0.5) is 0 Å². The molecule has 3 aromatic rings. The van der Waals surface area contributed by atoms with E-state index < -0.39 is 10.0 Å². The smallest absolute Gasteiger partial charge is 0.262 e. The second-order valence-corrected chi connectivity index (χ2v) is 10.6. The molecule has 0 saturated carbocycles. The zero-order valence-electron chi connectivity index (χ0n) is 17.9. The van der Waals surface area contributed by atoms with Crippen molar-refractivity contribution >= 4 is 15.9 Å². The first kappa shape index (κ1) is 20.9. The molecule has 1 saturated heterocycles. The van der Waals surface area contributed by atoms with Crippen LogP contribution in [-0.4, -0.2) is 47.3 Å². The van der Waals surface area contributed by atoms with Crippen molar-refractivity contribution in [2.75, 3.05) is 13.1 Å². The molecule has 1 N–H and O–H groups in total. The molecule has 8 heteroatoms. The van der Waals surface area contributed by atoms with Crippen molar-refractivity contribution in [3.8, 4) is 0 Å². The van der Waals surface area contributed by atoms with Gasteiger partial charge in [-0.15, -0.1) is 0 Å². The van der Waals surface area contributed by atoms with E-state index in [1.54, 1.807) is 11.6 Å². The number of hydrogen-bond acceptors (Lipinski definition) is 4. The molecule has 1 spiro atoms. The van der Waals surface area contributed by atoms with Crippen LogP contribution >= 0.6 is 0 Å². The highest BCUT2D eigenvalue weighted by atomic mass is 32.2. The van der Waals surface area contributed by atoms with E-state index in [0.717, 1.165) is 6.42 Å². The van der Waals surface area contributed by atoms with Gasteiger partial charge in [0.1, 0.15) is 0 Å². The van der Waals surface area contributed by atoms with E-state index >= 15 is 0 Å². The molecule has 2 aliphatic rings. The monoisotopic (exact) mass is 450 g/mol. The van der Waals surface area contributed by atoms with E-state index in [1.165, 1.54) is 28.0 Å². The third-order valence-electron chi connectivity index (χ3n) is 6.89.